The summed E-state index contributed by atoms with van der Waals surface area (Å²) in [5, 5.41) is 36.7. The first-order valence-electron chi connectivity index (χ1n) is 13.2. The van der Waals surface area contributed by atoms with E-state index in [0.29, 0.717) is 11.3 Å². The van der Waals surface area contributed by atoms with Crippen LogP contribution in [0.3, 0.4) is 0 Å². The van der Waals surface area contributed by atoms with Gasteiger partial charge in [-0.2, -0.15) is 0 Å². The first-order valence-corrected chi connectivity index (χ1v) is 14.0. The second-order valence-corrected chi connectivity index (χ2v) is 10.8. The van der Waals surface area contributed by atoms with Gasteiger partial charge in [-0.25, -0.2) is 4.79 Å². The van der Waals surface area contributed by atoms with E-state index in [0.717, 1.165) is 68.4 Å². The second kappa shape index (κ2) is 15.2. The summed E-state index contributed by atoms with van der Waals surface area (Å²) >= 11 is 1.34. The van der Waals surface area contributed by atoms with E-state index >= 15 is 0 Å². The molecule has 0 aliphatic carbocycles. The fourth-order valence-electron chi connectivity index (χ4n) is 4.59. The number of aryl methyl sites for hydroxylation is 2. The predicted molar refractivity (Wildman–Crippen MR) is 143 cm³/mol. The lowest BCUT2D eigenvalue weighted by molar-refractivity contribution is -0.117. The third-order valence-electron chi connectivity index (χ3n) is 6.75. The Morgan fingerprint density at radius 2 is 1.73 bits per heavy atom. The van der Waals surface area contributed by atoms with Crippen molar-refractivity contribution < 1.29 is 34.8 Å². The molecule has 2 heterocycles. The minimum atomic E-state index is -1.35. The quantitative estimate of drug-likeness (QED) is 0.193. The zero-order valence-electron chi connectivity index (χ0n) is 21.3. The van der Waals surface area contributed by atoms with Gasteiger partial charge in [0.05, 0.1) is 6.61 Å². The molecule has 9 heteroatoms. The number of thiophene rings is 1. The molecule has 1 aliphatic heterocycles. The van der Waals surface area contributed by atoms with Crippen LogP contribution in [0.2, 0.25) is 0 Å². The number of benzene rings is 1. The predicted octanol–water partition coefficient (Wildman–Crippen LogP) is 3.23. The molecule has 0 spiro atoms. The summed E-state index contributed by atoms with van der Waals surface area (Å²) in [6.07, 6.45) is 6.40. The molecule has 1 saturated heterocycles. The van der Waals surface area contributed by atoms with Crippen LogP contribution in [0.1, 0.15) is 71.5 Å². The average molecular weight is 534 g/mol. The number of nitrogens with zero attached hydrogens (tertiary/aromatic N) is 1. The number of anilines is 1. The number of amides is 1. The van der Waals surface area contributed by atoms with Crippen LogP contribution in [0.5, 0.6) is 0 Å². The van der Waals surface area contributed by atoms with Crippen LogP contribution >= 0.6 is 11.3 Å². The van der Waals surface area contributed by atoms with Crippen molar-refractivity contribution in [3.63, 3.8) is 0 Å². The number of carbonyl (C=O) groups is 2. The van der Waals surface area contributed by atoms with E-state index in [2.05, 4.69) is 12.1 Å². The fourth-order valence-corrected chi connectivity index (χ4v) is 5.53. The van der Waals surface area contributed by atoms with Gasteiger partial charge in [0, 0.05) is 29.6 Å². The van der Waals surface area contributed by atoms with Crippen molar-refractivity contribution in [2.75, 3.05) is 24.7 Å². The lowest BCUT2D eigenvalue weighted by Crippen LogP contribution is -2.34. The number of esters is 1. The molecule has 2 aromatic rings. The molecular weight excluding hydrogens is 494 g/mol. The summed E-state index contributed by atoms with van der Waals surface area (Å²) in [5.41, 5.74) is 2.22. The first kappa shape index (κ1) is 29.3. The van der Waals surface area contributed by atoms with Crippen LogP contribution in [0.25, 0.3) is 0 Å². The van der Waals surface area contributed by atoms with Gasteiger partial charge in [0.2, 0.25) is 5.91 Å². The zero-order valence-corrected chi connectivity index (χ0v) is 22.1. The van der Waals surface area contributed by atoms with E-state index in [-0.39, 0.29) is 25.2 Å². The maximum Gasteiger partial charge on any atom is 0.348 e. The molecule has 0 saturated carbocycles. The van der Waals surface area contributed by atoms with Crippen LogP contribution in [-0.4, -0.2) is 70.4 Å². The average Bonchev–Trinajstić information content (AvgIpc) is 3.53. The minimum absolute atomic E-state index is 0.163. The van der Waals surface area contributed by atoms with Gasteiger partial charge in [0.15, 0.2) is 0 Å². The standard InChI is InChI=1S/C28H39NO7S/c30-17-4-2-1-3-6-20-9-11-22(12-10-20)29-21(13-16-27(29)34)7-5-8-23-14-15-26(37-23)28(35)36-19-25(33)24(32)18-31/h9-12,14-15,21,24-25,30-33H,1-8,13,16-19H2/t21-,24-,25-/m0/s1. The summed E-state index contributed by atoms with van der Waals surface area (Å²) in [6.45, 7) is -0.734. The van der Waals surface area contributed by atoms with Gasteiger partial charge in [0.25, 0.3) is 0 Å². The molecule has 37 heavy (non-hydrogen) atoms. The van der Waals surface area contributed by atoms with Crippen LogP contribution < -0.4 is 4.90 Å². The van der Waals surface area contributed by atoms with E-state index in [9.17, 15) is 19.8 Å². The van der Waals surface area contributed by atoms with E-state index in [1.807, 2.05) is 23.1 Å². The van der Waals surface area contributed by atoms with E-state index < -0.39 is 24.8 Å². The molecular formula is C28H39NO7S. The van der Waals surface area contributed by atoms with Crippen molar-refractivity contribution in [3.05, 3.63) is 51.7 Å². The number of ether oxygens (including phenoxy) is 1. The Morgan fingerprint density at radius 3 is 2.46 bits per heavy atom. The number of rotatable bonds is 16. The third kappa shape index (κ3) is 8.90. The van der Waals surface area contributed by atoms with Crippen molar-refractivity contribution in [1.29, 1.82) is 0 Å². The van der Waals surface area contributed by atoms with E-state index in [1.165, 1.54) is 16.9 Å². The molecule has 0 unspecified atom stereocenters. The monoisotopic (exact) mass is 533 g/mol. The summed E-state index contributed by atoms with van der Waals surface area (Å²) in [5.74, 6) is -0.405. The van der Waals surface area contributed by atoms with Crippen LogP contribution in [-0.2, 0) is 22.4 Å². The van der Waals surface area contributed by atoms with Crippen molar-refractivity contribution in [1.82, 2.24) is 0 Å². The van der Waals surface area contributed by atoms with Gasteiger partial charge in [-0.15, -0.1) is 11.3 Å². The summed E-state index contributed by atoms with van der Waals surface area (Å²) in [7, 11) is 0. The van der Waals surface area contributed by atoms with E-state index in [4.69, 9.17) is 14.9 Å². The molecule has 8 nitrogen and oxygen atoms in total. The number of hydrogen-bond acceptors (Lipinski definition) is 8. The Morgan fingerprint density at radius 1 is 0.973 bits per heavy atom. The topological polar surface area (TPSA) is 128 Å². The van der Waals surface area contributed by atoms with Gasteiger partial charge in [-0.3, -0.25) is 4.79 Å². The van der Waals surface area contributed by atoms with Crippen LogP contribution in [0.4, 0.5) is 5.69 Å². The van der Waals surface area contributed by atoms with Crippen molar-refractivity contribution in [3.8, 4) is 0 Å². The highest BCUT2D eigenvalue weighted by molar-refractivity contribution is 7.13. The minimum Gasteiger partial charge on any atom is -0.459 e. The molecule has 1 aliphatic rings. The van der Waals surface area contributed by atoms with Gasteiger partial charge in [0.1, 0.15) is 23.7 Å². The Labute approximate surface area is 222 Å². The molecule has 0 bridgehead atoms. The molecule has 204 valence electrons. The normalized spacial score (nSPS) is 17.2. The van der Waals surface area contributed by atoms with Crippen molar-refractivity contribution in [2.45, 2.75) is 82.5 Å². The summed E-state index contributed by atoms with van der Waals surface area (Å²) in [4.78, 5) is 28.2. The van der Waals surface area contributed by atoms with Crippen LogP contribution in [0.15, 0.2) is 36.4 Å². The van der Waals surface area contributed by atoms with Crippen molar-refractivity contribution >= 4 is 28.9 Å². The largest absolute Gasteiger partial charge is 0.459 e. The fraction of sp³-hybridized carbons (Fsp3) is 0.571. The maximum absolute atomic E-state index is 12.6. The maximum atomic E-state index is 12.6. The second-order valence-electron chi connectivity index (χ2n) is 9.58. The smallest absolute Gasteiger partial charge is 0.348 e. The SMILES string of the molecule is O=C(OC[C@H](O)[C@@H](O)CO)c1ccc(CCC[C@H]2CCC(=O)N2c2ccc(CCCCCCO)cc2)s1. The molecule has 0 radical (unpaired) electrons. The highest BCUT2D eigenvalue weighted by Gasteiger charge is 2.31. The number of unbranched alkanes of at least 4 members (excludes halogenated alkanes) is 3. The highest BCUT2D eigenvalue weighted by Crippen LogP contribution is 2.30. The molecule has 1 amide bonds. The highest BCUT2D eigenvalue weighted by atomic mass is 32.1. The third-order valence-corrected chi connectivity index (χ3v) is 7.88. The summed E-state index contributed by atoms with van der Waals surface area (Å²) < 4.78 is 5.03. The van der Waals surface area contributed by atoms with E-state index in [1.54, 1.807) is 6.07 Å². The van der Waals surface area contributed by atoms with Gasteiger partial charge >= 0.3 is 5.97 Å². The molecule has 1 aromatic heterocycles. The molecule has 1 aromatic carbocycles. The first-order chi connectivity index (χ1) is 17.9. The van der Waals surface area contributed by atoms with Gasteiger partial charge in [-0.1, -0.05) is 25.0 Å². The molecule has 4 N–H and O–H groups in total. The van der Waals surface area contributed by atoms with Crippen LogP contribution in [0, 0.1) is 0 Å². The number of aliphatic hydroxyl groups excluding tert-OH is 4. The number of carbonyl (C=O) groups excluding carboxylic acids is 2. The molecule has 3 rings (SSSR count). The number of hydrogen-bond donors (Lipinski definition) is 4. The Hall–Kier alpha value is -2.30. The molecule has 3 atom stereocenters. The van der Waals surface area contributed by atoms with Gasteiger partial charge in [-0.05, 0) is 74.8 Å². The van der Waals surface area contributed by atoms with Crippen molar-refractivity contribution in [2.24, 2.45) is 0 Å². The summed E-state index contributed by atoms with van der Waals surface area (Å²) in [6, 6.07) is 12.1. The Kier molecular flexibility index (Phi) is 12.0. The number of aliphatic hydroxyl groups is 4. The Bertz CT molecular complexity index is 977. The lowest BCUT2D eigenvalue weighted by atomic mass is 10.0. The van der Waals surface area contributed by atoms with Gasteiger partial charge < -0.3 is 30.1 Å². The molecule has 1 fully saturated rings. The zero-order chi connectivity index (χ0) is 26.6. The lowest BCUT2D eigenvalue weighted by Gasteiger charge is -2.25. The Balaban J connectivity index is 1.45.